The van der Waals surface area contributed by atoms with Crippen molar-refractivity contribution in [1.29, 1.82) is 0 Å². The second kappa shape index (κ2) is 9.85. The molecule has 1 N–H and O–H groups in total. The maximum atomic E-state index is 13.6. The van der Waals surface area contributed by atoms with Crippen molar-refractivity contribution in [2.45, 2.75) is 25.4 Å². The Labute approximate surface area is 221 Å². The molecule has 0 aliphatic carbocycles. The highest BCUT2D eigenvalue weighted by Crippen LogP contribution is 2.38. The van der Waals surface area contributed by atoms with Gasteiger partial charge in [0.15, 0.2) is 0 Å². The summed E-state index contributed by atoms with van der Waals surface area (Å²) in [6, 6.07) is 12.0. The van der Waals surface area contributed by atoms with Crippen molar-refractivity contribution < 1.29 is 40.7 Å². The van der Waals surface area contributed by atoms with Crippen LogP contribution in [0.15, 0.2) is 65.5 Å². The zero-order chi connectivity index (χ0) is 28.8. The molecular formula is C28H18F6N2O4. The smallest absolute Gasteiger partial charge is 0.416 e. The van der Waals surface area contributed by atoms with Crippen LogP contribution in [-0.4, -0.2) is 23.4 Å². The minimum atomic E-state index is -5.06. The largest absolute Gasteiger partial charge is 0.490 e. The second-order valence-corrected chi connectivity index (χ2v) is 9.04. The number of ether oxygens (including phenoxy) is 1. The Morgan fingerprint density at radius 3 is 2.20 bits per heavy atom. The summed E-state index contributed by atoms with van der Waals surface area (Å²) in [4.78, 5) is 38.3. The van der Waals surface area contributed by atoms with Gasteiger partial charge in [0.25, 0.3) is 11.5 Å². The zero-order valence-electron chi connectivity index (χ0n) is 20.3. The molecule has 1 aliphatic heterocycles. The molecule has 5 rings (SSSR count). The number of rotatable bonds is 5. The SMILES string of the molecule is O=Cc1ccc(-c2c(C(=O)NCc3cc(C(F)(F)F)cc(C(F)(F)F)c3)c(=O)n3c4c(cccc24)OCC3)cc1. The van der Waals surface area contributed by atoms with E-state index < -0.39 is 47.1 Å². The van der Waals surface area contributed by atoms with Crippen molar-refractivity contribution in [3.63, 3.8) is 0 Å². The van der Waals surface area contributed by atoms with Crippen molar-refractivity contribution in [1.82, 2.24) is 9.88 Å². The van der Waals surface area contributed by atoms with Crippen LogP contribution in [0.1, 0.15) is 37.4 Å². The molecule has 40 heavy (non-hydrogen) atoms. The van der Waals surface area contributed by atoms with Gasteiger partial charge in [-0.1, -0.05) is 36.4 Å². The topological polar surface area (TPSA) is 77.4 Å². The van der Waals surface area contributed by atoms with Gasteiger partial charge in [-0.2, -0.15) is 26.3 Å². The number of alkyl halides is 6. The van der Waals surface area contributed by atoms with Gasteiger partial charge in [0.05, 0.1) is 23.2 Å². The number of pyridine rings is 1. The van der Waals surface area contributed by atoms with Gasteiger partial charge < -0.3 is 14.6 Å². The van der Waals surface area contributed by atoms with Crippen molar-refractivity contribution in [2.75, 3.05) is 6.61 Å². The third-order valence-electron chi connectivity index (χ3n) is 6.48. The van der Waals surface area contributed by atoms with Crippen LogP contribution in [0, 0.1) is 0 Å². The first kappa shape index (κ1) is 27.0. The highest BCUT2D eigenvalue weighted by atomic mass is 19.4. The Balaban J connectivity index is 1.63. The molecule has 1 aliphatic rings. The maximum absolute atomic E-state index is 13.6. The zero-order valence-corrected chi connectivity index (χ0v) is 20.3. The lowest BCUT2D eigenvalue weighted by Gasteiger charge is -2.23. The number of nitrogens with one attached hydrogen (secondary N) is 1. The number of hydrogen-bond donors (Lipinski definition) is 1. The number of aldehydes is 1. The number of aromatic nitrogens is 1. The van der Waals surface area contributed by atoms with E-state index in [0.29, 0.717) is 46.2 Å². The highest BCUT2D eigenvalue weighted by Gasteiger charge is 2.37. The summed E-state index contributed by atoms with van der Waals surface area (Å²) in [6.45, 7) is -0.458. The van der Waals surface area contributed by atoms with Crippen molar-refractivity contribution >= 4 is 23.1 Å². The molecule has 12 heteroatoms. The summed E-state index contributed by atoms with van der Waals surface area (Å²) in [5, 5.41) is 2.78. The van der Waals surface area contributed by atoms with E-state index in [1.165, 1.54) is 28.8 Å². The number of hydrogen-bond acceptors (Lipinski definition) is 4. The highest BCUT2D eigenvalue weighted by molar-refractivity contribution is 6.10. The second-order valence-electron chi connectivity index (χ2n) is 9.04. The minimum absolute atomic E-state index is 0.00739. The van der Waals surface area contributed by atoms with E-state index in [-0.39, 0.29) is 30.3 Å². The number of para-hydroxylation sites is 1. The molecule has 0 fully saturated rings. The van der Waals surface area contributed by atoms with Crippen molar-refractivity contribution in [3.8, 4) is 16.9 Å². The molecule has 0 spiro atoms. The van der Waals surface area contributed by atoms with E-state index in [4.69, 9.17) is 4.74 Å². The summed E-state index contributed by atoms with van der Waals surface area (Å²) in [5.41, 5.74) is -3.23. The average Bonchev–Trinajstić information content (AvgIpc) is 2.92. The number of benzene rings is 3. The molecule has 0 radical (unpaired) electrons. The molecule has 0 saturated heterocycles. The molecule has 1 amide bonds. The van der Waals surface area contributed by atoms with Crippen LogP contribution in [0.25, 0.3) is 22.0 Å². The fraction of sp³-hybridized carbons (Fsp3) is 0.179. The molecule has 206 valence electrons. The molecule has 1 aromatic heterocycles. The van der Waals surface area contributed by atoms with E-state index >= 15 is 0 Å². The van der Waals surface area contributed by atoms with Gasteiger partial charge in [-0.25, -0.2) is 0 Å². The number of carbonyl (C=O) groups excluding carboxylic acids is 2. The molecule has 3 aromatic carbocycles. The van der Waals surface area contributed by atoms with Crippen LogP contribution in [-0.2, 0) is 25.4 Å². The molecule has 4 aromatic rings. The van der Waals surface area contributed by atoms with Gasteiger partial charge in [0.1, 0.15) is 24.2 Å². The van der Waals surface area contributed by atoms with Crippen LogP contribution < -0.4 is 15.6 Å². The van der Waals surface area contributed by atoms with Crippen molar-refractivity contribution in [3.05, 3.63) is 98.8 Å². The molecule has 0 saturated carbocycles. The van der Waals surface area contributed by atoms with Gasteiger partial charge in [-0.3, -0.25) is 14.4 Å². The van der Waals surface area contributed by atoms with Crippen LogP contribution in [0.3, 0.4) is 0 Å². The van der Waals surface area contributed by atoms with Gasteiger partial charge in [-0.15, -0.1) is 0 Å². The Bertz CT molecular complexity index is 1670. The predicted molar refractivity (Wildman–Crippen MR) is 132 cm³/mol. The average molecular weight is 560 g/mol. The lowest BCUT2D eigenvalue weighted by Crippen LogP contribution is -2.36. The Morgan fingerprint density at radius 1 is 0.950 bits per heavy atom. The summed E-state index contributed by atoms with van der Waals surface area (Å²) >= 11 is 0. The van der Waals surface area contributed by atoms with Crippen LogP contribution >= 0.6 is 0 Å². The van der Waals surface area contributed by atoms with E-state index in [1.807, 2.05) is 0 Å². The fourth-order valence-corrected chi connectivity index (χ4v) is 4.69. The van der Waals surface area contributed by atoms with E-state index in [9.17, 15) is 40.7 Å². The lowest BCUT2D eigenvalue weighted by molar-refractivity contribution is -0.143. The van der Waals surface area contributed by atoms with Gasteiger partial charge in [0, 0.05) is 23.1 Å². The molecule has 0 bridgehead atoms. The Kier molecular flexibility index (Phi) is 6.64. The molecule has 2 heterocycles. The monoisotopic (exact) mass is 560 g/mol. The Hall–Kier alpha value is -4.61. The lowest BCUT2D eigenvalue weighted by atomic mass is 9.94. The van der Waals surface area contributed by atoms with E-state index in [0.717, 1.165) is 0 Å². The first-order valence-corrected chi connectivity index (χ1v) is 11.8. The van der Waals surface area contributed by atoms with E-state index in [1.54, 1.807) is 18.2 Å². The number of amides is 1. The van der Waals surface area contributed by atoms with Crippen LogP contribution in [0.2, 0.25) is 0 Å². The van der Waals surface area contributed by atoms with Crippen LogP contribution in [0.4, 0.5) is 26.3 Å². The van der Waals surface area contributed by atoms with E-state index in [2.05, 4.69) is 5.32 Å². The van der Waals surface area contributed by atoms with Crippen LogP contribution in [0.5, 0.6) is 5.75 Å². The third-order valence-corrected chi connectivity index (χ3v) is 6.48. The molecular weight excluding hydrogens is 542 g/mol. The minimum Gasteiger partial charge on any atom is -0.490 e. The first-order chi connectivity index (χ1) is 18.9. The summed E-state index contributed by atoms with van der Waals surface area (Å²) in [5.74, 6) is -0.588. The molecule has 6 nitrogen and oxygen atoms in total. The molecule has 0 atom stereocenters. The first-order valence-electron chi connectivity index (χ1n) is 11.8. The summed E-state index contributed by atoms with van der Waals surface area (Å²) < 4.78 is 86.7. The fourth-order valence-electron chi connectivity index (χ4n) is 4.69. The molecule has 0 unspecified atom stereocenters. The number of carbonyl (C=O) groups is 2. The number of halogens is 6. The third kappa shape index (κ3) is 4.92. The predicted octanol–water partition coefficient (Wildman–Crippen LogP) is 5.84. The quantitative estimate of drug-likeness (QED) is 0.246. The van der Waals surface area contributed by atoms with Gasteiger partial charge in [-0.05, 0) is 35.4 Å². The van der Waals surface area contributed by atoms with Gasteiger partial charge >= 0.3 is 12.4 Å². The number of nitrogens with zero attached hydrogens (tertiary/aromatic N) is 1. The van der Waals surface area contributed by atoms with Crippen molar-refractivity contribution in [2.24, 2.45) is 0 Å². The maximum Gasteiger partial charge on any atom is 0.416 e. The standard InChI is InChI=1S/C28H18F6N2O4/c29-27(30,31)18-10-16(11-19(12-18)28(32,33)34)13-35-25(38)23-22(17-6-4-15(14-37)5-7-17)20-2-1-3-21-24(20)36(26(23)39)8-9-40-21/h1-7,10-12,14H,8-9,13H2,(H,35,38). The normalized spacial score (nSPS) is 13.2. The Morgan fingerprint density at radius 2 is 1.60 bits per heavy atom. The summed E-state index contributed by atoms with van der Waals surface area (Å²) in [7, 11) is 0. The summed E-state index contributed by atoms with van der Waals surface area (Å²) in [6.07, 6.45) is -9.50. The van der Waals surface area contributed by atoms with Gasteiger partial charge in [0.2, 0.25) is 0 Å².